The maximum Gasteiger partial charge on any atom is 0.0178 e. The summed E-state index contributed by atoms with van der Waals surface area (Å²) in [5.41, 5.74) is 3.56. The van der Waals surface area contributed by atoms with Crippen LogP contribution in [-0.2, 0) is 6.42 Å². The number of hydrogen-bond donors (Lipinski definition) is 0. The van der Waals surface area contributed by atoms with Crippen LogP contribution in [0.2, 0.25) is 0 Å². The zero-order valence-electron chi connectivity index (χ0n) is 9.10. The minimum atomic E-state index is 0.454. The summed E-state index contributed by atoms with van der Waals surface area (Å²) < 4.78 is 1.21. The number of rotatable bonds is 1. The average molecular weight is 253 g/mol. The van der Waals surface area contributed by atoms with Gasteiger partial charge in [0.25, 0.3) is 0 Å². The van der Waals surface area contributed by atoms with Crippen LogP contribution in [0, 0.1) is 5.41 Å². The van der Waals surface area contributed by atoms with E-state index in [2.05, 4.69) is 54.9 Å². The minimum Gasteiger partial charge on any atom is -0.0602 e. The number of halogens is 1. The van der Waals surface area contributed by atoms with Gasteiger partial charge in [-0.2, -0.15) is 0 Å². The molecule has 0 radical (unpaired) electrons. The summed E-state index contributed by atoms with van der Waals surface area (Å²) in [7, 11) is 0. The first-order valence-corrected chi connectivity index (χ1v) is 6.03. The largest absolute Gasteiger partial charge is 0.0602 e. The first-order chi connectivity index (χ1) is 6.46. The lowest BCUT2D eigenvalue weighted by molar-refractivity contribution is 0.323. The summed E-state index contributed by atoms with van der Waals surface area (Å²) in [5.74, 6) is 0.804. The van der Waals surface area contributed by atoms with E-state index in [1.165, 1.54) is 22.9 Å². The second-order valence-corrected chi connectivity index (χ2v) is 6.42. The van der Waals surface area contributed by atoms with Crippen LogP contribution in [-0.4, -0.2) is 0 Å². The molecule has 0 aliphatic heterocycles. The summed E-state index contributed by atoms with van der Waals surface area (Å²) >= 11 is 3.51. The number of hydrogen-bond acceptors (Lipinski definition) is 0. The highest BCUT2D eigenvalue weighted by molar-refractivity contribution is 9.10. The van der Waals surface area contributed by atoms with Crippen molar-refractivity contribution in [1.29, 1.82) is 0 Å². The monoisotopic (exact) mass is 252 g/mol. The molecule has 14 heavy (non-hydrogen) atoms. The molecule has 1 unspecified atom stereocenters. The summed E-state index contributed by atoms with van der Waals surface area (Å²) in [5, 5.41) is 0. The third kappa shape index (κ3) is 2.03. The zero-order chi connectivity index (χ0) is 10.3. The highest BCUT2D eigenvalue weighted by Crippen LogP contribution is 2.43. The van der Waals surface area contributed by atoms with E-state index in [-0.39, 0.29) is 0 Å². The predicted octanol–water partition coefficient (Wildman–Crippen LogP) is 4.53. The van der Waals surface area contributed by atoms with Gasteiger partial charge in [0.1, 0.15) is 0 Å². The van der Waals surface area contributed by atoms with Gasteiger partial charge < -0.3 is 0 Å². The van der Waals surface area contributed by atoms with Crippen molar-refractivity contribution in [1.82, 2.24) is 0 Å². The van der Waals surface area contributed by atoms with Gasteiger partial charge >= 0.3 is 0 Å². The van der Waals surface area contributed by atoms with Crippen molar-refractivity contribution < 1.29 is 0 Å². The van der Waals surface area contributed by atoms with Crippen molar-refractivity contribution in [3.05, 3.63) is 33.8 Å². The lowest BCUT2D eigenvalue weighted by Crippen LogP contribution is -2.22. The zero-order valence-corrected chi connectivity index (χ0v) is 10.7. The van der Waals surface area contributed by atoms with Crippen molar-refractivity contribution >= 4 is 15.9 Å². The summed E-state index contributed by atoms with van der Waals surface area (Å²) in [6.45, 7) is 6.97. The lowest BCUT2D eigenvalue weighted by Gasteiger charge is -2.35. The van der Waals surface area contributed by atoms with Crippen molar-refractivity contribution in [2.24, 2.45) is 5.41 Å². The smallest absolute Gasteiger partial charge is 0.0178 e. The molecule has 0 saturated carbocycles. The van der Waals surface area contributed by atoms with Crippen molar-refractivity contribution in [3.63, 3.8) is 0 Å². The van der Waals surface area contributed by atoms with Gasteiger partial charge in [-0.1, -0.05) is 42.8 Å². The molecule has 0 amide bonds. The summed E-state index contributed by atoms with van der Waals surface area (Å²) in [6, 6.07) is 6.70. The van der Waals surface area contributed by atoms with Crippen LogP contribution < -0.4 is 0 Å². The SMILES string of the molecule is CC(C)(C)CC1Cc2cc(Br)ccc21. The molecule has 0 nitrogen and oxygen atoms in total. The first-order valence-electron chi connectivity index (χ1n) is 5.24. The van der Waals surface area contributed by atoms with Crippen LogP contribution in [0.5, 0.6) is 0 Å². The Labute approximate surface area is 94.8 Å². The Morgan fingerprint density at radius 2 is 2.07 bits per heavy atom. The van der Waals surface area contributed by atoms with E-state index >= 15 is 0 Å². The van der Waals surface area contributed by atoms with E-state index in [1.807, 2.05) is 0 Å². The van der Waals surface area contributed by atoms with E-state index in [9.17, 15) is 0 Å². The maximum absolute atomic E-state index is 3.51. The second kappa shape index (κ2) is 3.37. The molecule has 2 rings (SSSR count). The van der Waals surface area contributed by atoms with Gasteiger partial charge in [0.15, 0.2) is 0 Å². The average Bonchev–Trinajstić information content (AvgIpc) is 1.99. The van der Waals surface area contributed by atoms with Gasteiger partial charge in [0.2, 0.25) is 0 Å². The third-order valence-corrected chi connectivity index (χ3v) is 3.36. The molecule has 0 N–H and O–H groups in total. The van der Waals surface area contributed by atoms with Gasteiger partial charge in [0.05, 0.1) is 0 Å². The Kier molecular flexibility index (Phi) is 2.46. The molecule has 0 saturated heterocycles. The maximum atomic E-state index is 3.51. The molecule has 1 atom stereocenters. The molecule has 0 fully saturated rings. The van der Waals surface area contributed by atoms with Gasteiger partial charge in [-0.05, 0) is 47.4 Å². The molecule has 76 valence electrons. The molecular formula is C13H17Br. The van der Waals surface area contributed by atoms with Gasteiger partial charge in [-0.3, -0.25) is 0 Å². The Hall–Kier alpha value is -0.300. The molecule has 0 spiro atoms. The summed E-state index contributed by atoms with van der Waals surface area (Å²) in [6.07, 6.45) is 2.58. The lowest BCUT2D eigenvalue weighted by atomic mass is 9.70. The quantitative estimate of drug-likeness (QED) is 0.690. The second-order valence-electron chi connectivity index (χ2n) is 5.51. The van der Waals surface area contributed by atoms with Crippen molar-refractivity contribution in [3.8, 4) is 0 Å². The minimum absolute atomic E-state index is 0.454. The van der Waals surface area contributed by atoms with E-state index in [0.717, 1.165) is 5.92 Å². The van der Waals surface area contributed by atoms with Gasteiger partial charge in [0, 0.05) is 4.47 Å². The van der Waals surface area contributed by atoms with Crippen molar-refractivity contribution in [2.75, 3.05) is 0 Å². The molecule has 1 aliphatic rings. The molecular weight excluding hydrogens is 236 g/mol. The highest BCUT2D eigenvalue weighted by atomic mass is 79.9. The normalized spacial score (nSPS) is 20.1. The Bertz CT molecular complexity index is 347. The Morgan fingerprint density at radius 1 is 1.36 bits per heavy atom. The standard InChI is InChI=1S/C13H17Br/c1-13(2,3)8-10-6-9-7-11(14)4-5-12(9)10/h4-5,7,10H,6,8H2,1-3H3. The topological polar surface area (TPSA) is 0 Å². The van der Waals surface area contributed by atoms with Crippen LogP contribution in [0.1, 0.15) is 44.2 Å². The van der Waals surface area contributed by atoms with E-state index in [1.54, 1.807) is 5.56 Å². The van der Waals surface area contributed by atoms with Gasteiger partial charge in [-0.25, -0.2) is 0 Å². The van der Waals surface area contributed by atoms with Crippen LogP contribution in [0.3, 0.4) is 0 Å². The molecule has 1 aromatic carbocycles. The fourth-order valence-corrected chi connectivity index (χ4v) is 2.72. The number of fused-ring (bicyclic) bond motifs is 1. The summed E-state index contributed by atoms with van der Waals surface area (Å²) in [4.78, 5) is 0. The van der Waals surface area contributed by atoms with Crippen LogP contribution in [0.25, 0.3) is 0 Å². The fraction of sp³-hybridized carbons (Fsp3) is 0.538. The molecule has 1 heteroatoms. The van der Waals surface area contributed by atoms with Crippen LogP contribution >= 0.6 is 15.9 Å². The van der Waals surface area contributed by atoms with E-state index in [0.29, 0.717) is 5.41 Å². The Morgan fingerprint density at radius 3 is 2.64 bits per heavy atom. The van der Waals surface area contributed by atoms with Crippen molar-refractivity contribution in [2.45, 2.75) is 39.5 Å². The van der Waals surface area contributed by atoms with Crippen LogP contribution in [0.4, 0.5) is 0 Å². The van der Waals surface area contributed by atoms with Crippen LogP contribution in [0.15, 0.2) is 22.7 Å². The fourth-order valence-electron chi connectivity index (χ4n) is 2.32. The molecule has 0 heterocycles. The molecule has 1 aromatic rings. The predicted molar refractivity (Wildman–Crippen MR) is 64.7 cm³/mol. The first kappa shape index (κ1) is 10.2. The molecule has 1 aliphatic carbocycles. The third-order valence-electron chi connectivity index (χ3n) is 2.87. The Balaban J connectivity index is 2.13. The van der Waals surface area contributed by atoms with Gasteiger partial charge in [-0.15, -0.1) is 0 Å². The number of benzene rings is 1. The molecule has 0 bridgehead atoms. The highest BCUT2D eigenvalue weighted by Gasteiger charge is 2.29. The molecule has 0 aromatic heterocycles. The van der Waals surface area contributed by atoms with E-state index in [4.69, 9.17) is 0 Å². The van der Waals surface area contributed by atoms with E-state index < -0.39 is 0 Å².